The van der Waals surface area contributed by atoms with Crippen LogP contribution in [-0.4, -0.2) is 37.5 Å². The topological polar surface area (TPSA) is 65.5 Å². The van der Waals surface area contributed by atoms with Gasteiger partial charge in [-0.15, -0.1) is 24.0 Å². The lowest BCUT2D eigenvalue weighted by Crippen LogP contribution is -2.51. The maximum atomic E-state index is 11.3. The van der Waals surface area contributed by atoms with E-state index >= 15 is 0 Å². The van der Waals surface area contributed by atoms with Crippen molar-refractivity contribution in [3.63, 3.8) is 0 Å². The molecule has 3 N–H and O–H groups in total. The Morgan fingerprint density at radius 1 is 1.44 bits per heavy atom. The molecule has 0 spiro atoms. The second kappa shape index (κ2) is 9.21. The van der Waals surface area contributed by atoms with E-state index in [9.17, 15) is 4.79 Å². The maximum absolute atomic E-state index is 11.3. The largest absolute Gasteiger partial charge is 0.357 e. The number of rotatable bonds is 5. The van der Waals surface area contributed by atoms with E-state index in [4.69, 9.17) is 4.99 Å². The molecule has 0 bridgehead atoms. The lowest BCUT2D eigenvalue weighted by atomic mass is 9.96. The molecule has 1 aromatic rings. The molecule has 138 valence electrons. The van der Waals surface area contributed by atoms with Gasteiger partial charge in [-0.2, -0.15) is 0 Å². The first-order valence-corrected chi connectivity index (χ1v) is 9.48. The minimum absolute atomic E-state index is 0. The summed E-state index contributed by atoms with van der Waals surface area (Å²) in [7, 11) is 0. The summed E-state index contributed by atoms with van der Waals surface area (Å²) in [6.07, 6.45) is 3.81. The lowest BCUT2D eigenvalue weighted by molar-refractivity contribution is -0.122. The van der Waals surface area contributed by atoms with Crippen molar-refractivity contribution in [2.45, 2.75) is 44.1 Å². The highest BCUT2D eigenvalue weighted by Gasteiger charge is 2.44. The van der Waals surface area contributed by atoms with E-state index in [0.717, 1.165) is 29.9 Å². The minimum Gasteiger partial charge on any atom is -0.357 e. The van der Waals surface area contributed by atoms with E-state index in [-0.39, 0.29) is 41.3 Å². The SMILES string of the molecule is CCNC(=NCC1(c2cccc(Br)c2)CC1)NC1CCC(=O)NC1.I. The molecule has 1 heterocycles. The molecule has 0 radical (unpaired) electrons. The third kappa shape index (κ3) is 5.57. The monoisotopic (exact) mass is 520 g/mol. The fourth-order valence-corrected chi connectivity index (χ4v) is 3.51. The van der Waals surface area contributed by atoms with Crippen molar-refractivity contribution >= 4 is 51.8 Å². The van der Waals surface area contributed by atoms with Gasteiger partial charge in [-0.3, -0.25) is 9.79 Å². The predicted octanol–water partition coefficient (Wildman–Crippen LogP) is 2.93. The van der Waals surface area contributed by atoms with Crippen LogP contribution in [0.4, 0.5) is 0 Å². The molecule has 1 aliphatic heterocycles. The van der Waals surface area contributed by atoms with Crippen molar-refractivity contribution in [2.75, 3.05) is 19.6 Å². The molecule has 1 saturated heterocycles. The molecule has 3 rings (SSSR count). The van der Waals surface area contributed by atoms with Gasteiger partial charge in [-0.25, -0.2) is 0 Å². The van der Waals surface area contributed by atoms with Crippen molar-refractivity contribution in [1.82, 2.24) is 16.0 Å². The highest BCUT2D eigenvalue weighted by Crippen LogP contribution is 2.48. The summed E-state index contributed by atoms with van der Waals surface area (Å²) < 4.78 is 1.12. The molecule has 2 aliphatic rings. The minimum atomic E-state index is 0. The fourth-order valence-electron chi connectivity index (χ4n) is 3.11. The second-order valence-electron chi connectivity index (χ2n) is 6.67. The number of carbonyl (C=O) groups excluding carboxylic acids is 1. The Morgan fingerprint density at radius 3 is 2.84 bits per heavy atom. The van der Waals surface area contributed by atoms with Crippen LogP contribution in [0.25, 0.3) is 0 Å². The molecule has 1 saturated carbocycles. The molecule has 7 heteroatoms. The van der Waals surface area contributed by atoms with E-state index in [1.165, 1.54) is 18.4 Å². The van der Waals surface area contributed by atoms with Gasteiger partial charge in [0.2, 0.25) is 5.91 Å². The van der Waals surface area contributed by atoms with Crippen molar-refractivity contribution in [3.05, 3.63) is 34.3 Å². The summed E-state index contributed by atoms with van der Waals surface area (Å²) >= 11 is 3.56. The number of carbonyl (C=O) groups is 1. The number of guanidine groups is 1. The zero-order valence-corrected chi connectivity index (χ0v) is 18.4. The van der Waals surface area contributed by atoms with Crippen LogP contribution in [-0.2, 0) is 10.2 Å². The van der Waals surface area contributed by atoms with Gasteiger partial charge in [-0.1, -0.05) is 28.1 Å². The molecule has 25 heavy (non-hydrogen) atoms. The van der Waals surface area contributed by atoms with E-state index in [0.29, 0.717) is 13.0 Å². The van der Waals surface area contributed by atoms with Crippen LogP contribution in [0, 0.1) is 0 Å². The fraction of sp³-hybridized carbons (Fsp3) is 0.556. The maximum Gasteiger partial charge on any atom is 0.220 e. The number of amides is 1. The highest BCUT2D eigenvalue weighted by molar-refractivity contribution is 14.0. The van der Waals surface area contributed by atoms with Gasteiger partial charge in [0.05, 0.1) is 6.54 Å². The molecular weight excluding hydrogens is 495 g/mol. The third-order valence-electron chi connectivity index (χ3n) is 4.78. The van der Waals surface area contributed by atoms with Crippen LogP contribution in [0.3, 0.4) is 0 Å². The van der Waals surface area contributed by atoms with Gasteiger partial charge in [0, 0.05) is 35.4 Å². The quantitative estimate of drug-likeness (QED) is 0.318. The Morgan fingerprint density at radius 2 is 2.24 bits per heavy atom. The lowest BCUT2D eigenvalue weighted by Gasteiger charge is -2.25. The molecule has 1 atom stereocenters. The molecule has 1 amide bonds. The van der Waals surface area contributed by atoms with E-state index < -0.39 is 0 Å². The summed E-state index contributed by atoms with van der Waals surface area (Å²) in [6.45, 7) is 4.35. The van der Waals surface area contributed by atoms with E-state index in [1.54, 1.807) is 0 Å². The summed E-state index contributed by atoms with van der Waals surface area (Å²) in [5, 5.41) is 9.68. The number of hydrogen-bond acceptors (Lipinski definition) is 2. The van der Waals surface area contributed by atoms with Crippen LogP contribution >= 0.6 is 39.9 Å². The number of nitrogens with one attached hydrogen (secondary N) is 3. The summed E-state index contributed by atoms with van der Waals surface area (Å²) in [4.78, 5) is 16.1. The Bertz CT molecular complexity index is 623. The van der Waals surface area contributed by atoms with E-state index in [2.05, 4.69) is 63.1 Å². The number of benzene rings is 1. The average molecular weight is 521 g/mol. The van der Waals surface area contributed by atoms with E-state index in [1.807, 2.05) is 0 Å². The molecule has 0 aromatic heterocycles. The van der Waals surface area contributed by atoms with Crippen LogP contribution in [0.15, 0.2) is 33.7 Å². The number of hydrogen-bond donors (Lipinski definition) is 3. The van der Waals surface area contributed by atoms with Crippen molar-refractivity contribution in [2.24, 2.45) is 4.99 Å². The average Bonchev–Trinajstić information content (AvgIpc) is 3.36. The molecule has 1 unspecified atom stereocenters. The zero-order chi connectivity index (χ0) is 17.0. The molecular formula is C18H26BrIN4O. The summed E-state index contributed by atoms with van der Waals surface area (Å²) in [6, 6.07) is 8.81. The first-order chi connectivity index (χ1) is 11.6. The van der Waals surface area contributed by atoms with Crippen LogP contribution < -0.4 is 16.0 Å². The first-order valence-electron chi connectivity index (χ1n) is 8.69. The smallest absolute Gasteiger partial charge is 0.220 e. The molecule has 1 aromatic carbocycles. The van der Waals surface area contributed by atoms with Crippen molar-refractivity contribution < 1.29 is 4.79 Å². The van der Waals surface area contributed by atoms with Gasteiger partial charge in [0.15, 0.2) is 5.96 Å². The van der Waals surface area contributed by atoms with Crippen LogP contribution in [0.1, 0.15) is 38.2 Å². The number of nitrogens with zero attached hydrogens (tertiary/aromatic N) is 1. The zero-order valence-electron chi connectivity index (χ0n) is 14.5. The van der Waals surface area contributed by atoms with Gasteiger partial charge >= 0.3 is 0 Å². The number of piperidine rings is 1. The second-order valence-corrected chi connectivity index (χ2v) is 7.59. The van der Waals surface area contributed by atoms with Crippen LogP contribution in [0.5, 0.6) is 0 Å². The summed E-state index contributed by atoms with van der Waals surface area (Å²) in [5.41, 5.74) is 1.55. The standard InChI is InChI=1S/C18H25BrN4O.HI/c1-2-20-17(23-15-6-7-16(24)21-11-15)22-12-18(8-9-18)13-4-3-5-14(19)10-13;/h3-5,10,15H,2,6-9,11-12H2,1H3,(H,21,24)(H2,20,22,23);1H. The normalized spacial score (nSPS) is 21.8. The van der Waals surface area contributed by atoms with Crippen LogP contribution in [0.2, 0.25) is 0 Å². The third-order valence-corrected chi connectivity index (χ3v) is 5.27. The Kier molecular flexibility index (Phi) is 7.54. The van der Waals surface area contributed by atoms with Crippen molar-refractivity contribution in [3.8, 4) is 0 Å². The van der Waals surface area contributed by atoms with Gasteiger partial charge < -0.3 is 16.0 Å². The van der Waals surface area contributed by atoms with Gasteiger partial charge in [-0.05, 0) is 43.9 Å². The highest BCUT2D eigenvalue weighted by atomic mass is 127. The Balaban J connectivity index is 0.00000225. The van der Waals surface area contributed by atoms with Gasteiger partial charge in [0.1, 0.15) is 0 Å². The Hall–Kier alpha value is -0.830. The summed E-state index contributed by atoms with van der Waals surface area (Å²) in [5.74, 6) is 0.987. The van der Waals surface area contributed by atoms with Gasteiger partial charge in [0.25, 0.3) is 0 Å². The number of halogens is 2. The molecule has 5 nitrogen and oxygen atoms in total. The molecule has 2 fully saturated rings. The Labute approximate surface area is 175 Å². The first kappa shape index (κ1) is 20.5. The number of aliphatic imine (C=N–C) groups is 1. The predicted molar refractivity (Wildman–Crippen MR) is 116 cm³/mol. The van der Waals surface area contributed by atoms with Crippen molar-refractivity contribution in [1.29, 1.82) is 0 Å². The molecule has 1 aliphatic carbocycles.